The van der Waals surface area contributed by atoms with Gasteiger partial charge in [0, 0.05) is 12.7 Å². The molecule has 4 heteroatoms. The predicted molar refractivity (Wildman–Crippen MR) is 47.5 cm³/mol. The number of hydrogen-bond donors (Lipinski definition) is 2. The van der Waals surface area contributed by atoms with Crippen LogP contribution in [0.5, 0.6) is 0 Å². The summed E-state index contributed by atoms with van der Waals surface area (Å²) >= 11 is 0. The number of nitrogens with two attached hydrogens (primary N) is 1. The second-order valence-electron chi connectivity index (χ2n) is 3.31. The van der Waals surface area contributed by atoms with E-state index in [0.717, 1.165) is 0 Å². The molecule has 1 aromatic heterocycles. The minimum Gasteiger partial charge on any atom is -0.391 e. The standard InChI is InChI=1S/C8H15N3O/c1-6(2)7(12)3-11-4-8(9)10-5-11/h4-7,12H,3,9H2,1-2H3. The van der Waals surface area contributed by atoms with Crippen LogP contribution in [-0.2, 0) is 6.54 Å². The fraction of sp³-hybridized carbons (Fsp3) is 0.625. The molecule has 0 aliphatic rings. The Kier molecular flexibility index (Phi) is 2.70. The maximum Gasteiger partial charge on any atom is 0.141 e. The fourth-order valence-corrected chi connectivity index (χ4v) is 0.904. The highest BCUT2D eigenvalue weighted by atomic mass is 16.3. The summed E-state index contributed by atoms with van der Waals surface area (Å²) < 4.78 is 1.79. The van der Waals surface area contributed by atoms with Gasteiger partial charge in [0.05, 0.1) is 12.4 Å². The van der Waals surface area contributed by atoms with Crippen LogP contribution < -0.4 is 5.73 Å². The molecule has 0 aliphatic carbocycles. The van der Waals surface area contributed by atoms with Crippen molar-refractivity contribution in [3.8, 4) is 0 Å². The average Bonchev–Trinajstić information content (AvgIpc) is 2.35. The Hall–Kier alpha value is -1.03. The van der Waals surface area contributed by atoms with Crippen LogP contribution >= 0.6 is 0 Å². The molecule has 1 aromatic rings. The molecule has 0 fully saturated rings. The number of rotatable bonds is 3. The van der Waals surface area contributed by atoms with E-state index in [4.69, 9.17) is 5.73 Å². The first-order valence-electron chi connectivity index (χ1n) is 4.05. The van der Waals surface area contributed by atoms with Gasteiger partial charge in [-0.05, 0) is 5.92 Å². The number of nitrogens with zero attached hydrogens (tertiary/aromatic N) is 2. The first kappa shape index (κ1) is 9.06. The number of anilines is 1. The molecule has 0 saturated carbocycles. The Labute approximate surface area is 72.0 Å². The molecule has 0 radical (unpaired) electrons. The Bertz CT molecular complexity index is 244. The molecule has 0 bridgehead atoms. The van der Waals surface area contributed by atoms with E-state index in [-0.39, 0.29) is 12.0 Å². The fourth-order valence-electron chi connectivity index (χ4n) is 0.904. The van der Waals surface area contributed by atoms with Crippen molar-refractivity contribution in [2.75, 3.05) is 5.73 Å². The average molecular weight is 169 g/mol. The summed E-state index contributed by atoms with van der Waals surface area (Å²) in [6, 6.07) is 0. The summed E-state index contributed by atoms with van der Waals surface area (Å²) in [5.41, 5.74) is 5.42. The van der Waals surface area contributed by atoms with E-state index in [9.17, 15) is 5.11 Å². The van der Waals surface area contributed by atoms with Crippen molar-refractivity contribution in [2.45, 2.75) is 26.5 Å². The molecule has 1 unspecified atom stereocenters. The molecule has 0 aliphatic heterocycles. The summed E-state index contributed by atoms with van der Waals surface area (Å²) in [7, 11) is 0. The van der Waals surface area contributed by atoms with Gasteiger partial charge in [0.25, 0.3) is 0 Å². The van der Waals surface area contributed by atoms with E-state index in [2.05, 4.69) is 4.98 Å². The van der Waals surface area contributed by atoms with Gasteiger partial charge >= 0.3 is 0 Å². The number of hydrogen-bond acceptors (Lipinski definition) is 3. The normalized spacial score (nSPS) is 13.7. The summed E-state index contributed by atoms with van der Waals surface area (Å²) in [4.78, 5) is 3.86. The van der Waals surface area contributed by atoms with Crippen LogP contribution in [0, 0.1) is 5.92 Å². The first-order chi connectivity index (χ1) is 5.59. The molecule has 4 nitrogen and oxygen atoms in total. The molecule has 3 N–H and O–H groups in total. The molecule has 12 heavy (non-hydrogen) atoms. The van der Waals surface area contributed by atoms with Gasteiger partial charge in [-0.2, -0.15) is 0 Å². The lowest BCUT2D eigenvalue weighted by atomic mass is 10.1. The van der Waals surface area contributed by atoms with Gasteiger partial charge in [-0.25, -0.2) is 4.98 Å². The maximum absolute atomic E-state index is 9.50. The first-order valence-corrected chi connectivity index (χ1v) is 4.05. The second kappa shape index (κ2) is 3.58. The van der Waals surface area contributed by atoms with Gasteiger partial charge in [0.1, 0.15) is 5.82 Å². The van der Waals surface area contributed by atoms with Crippen LogP contribution in [-0.4, -0.2) is 20.8 Å². The zero-order valence-electron chi connectivity index (χ0n) is 7.44. The third-order valence-electron chi connectivity index (χ3n) is 1.82. The van der Waals surface area contributed by atoms with Crippen molar-refractivity contribution in [1.82, 2.24) is 9.55 Å². The van der Waals surface area contributed by atoms with Crippen molar-refractivity contribution in [2.24, 2.45) is 5.92 Å². The van der Waals surface area contributed by atoms with Gasteiger partial charge in [-0.3, -0.25) is 0 Å². The predicted octanol–water partition coefficient (Wildman–Crippen LogP) is 0.482. The highest BCUT2D eigenvalue weighted by Crippen LogP contribution is 2.05. The number of nitrogen functional groups attached to an aromatic ring is 1. The van der Waals surface area contributed by atoms with Crippen LogP contribution in [0.1, 0.15) is 13.8 Å². The largest absolute Gasteiger partial charge is 0.391 e. The SMILES string of the molecule is CC(C)C(O)Cn1cnc(N)c1. The maximum atomic E-state index is 9.50. The van der Waals surface area contributed by atoms with Gasteiger partial charge in [0.2, 0.25) is 0 Å². The van der Waals surface area contributed by atoms with Crippen LogP contribution in [0.2, 0.25) is 0 Å². The third-order valence-corrected chi connectivity index (χ3v) is 1.82. The van der Waals surface area contributed by atoms with Crippen LogP contribution in [0.25, 0.3) is 0 Å². The lowest BCUT2D eigenvalue weighted by Gasteiger charge is -2.14. The van der Waals surface area contributed by atoms with Gasteiger partial charge in [-0.15, -0.1) is 0 Å². The lowest BCUT2D eigenvalue weighted by Crippen LogP contribution is -2.20. The molecule has 1 atom stereocenters. The number of aliphatic hydroxyl groups is 1. The van der Waals surface area contributed by atoms with Gasteiger partial charge in [-0.1, -0.05) is 13.8 Å². The van der Waals surface area contributed by atoms with Crippen LogP contribution in [0.15, 0.2) is 12.5 Å². The Morgan fingerprint density at radius 3 is 2.75 bits per heavy atom. The van der Waals surface area contributed by atoms with E-state index in [0.29, 0.717) is 12.4 Å². The Morgan fingerprint density at radius 2 is 2.33 bits per heavy atom. The van der Waals surface area contributed by atoms with Crippen LogP contribution in [0.4, 0.5) is 5.82 Å². The number of aromatic nitrogens is 2. The lowest BCUT2D eigenvalue weighted by molar-refractivity contribution is 0.107. The quantitative estimate of drug-likeness (QED) is 0.691. The smallest absolute Gasteiger partial charge is 0.141 e. The molecule has 1 heterocycles. The molecule has 0 spiro atoms. The Balaban J connectivity index is 2.52. The summed E-state index contributed by atoms with van der Waals surface area (Å²) in [5.74, 6) is 0.750. The zero-order valence-corrected chi connectivity index (χ0v) is 7.44. The summed E-state index contributed by atoms with van der Waals surface area (Å²) in [5, 5.41) is 9.50. The topological polar surface area (TPSA) is 64.1 Å². The molecule has 0 aromatic carbocycles. The van der Waals surface area contributed by atoms with E-state index in [1.54, 1.807) is 17.1 Å². The minimum absolute atomic E-state index is 0.258. The van der Waals surface area contributed by atoms with Crippen molar-refractivity contribution >= 4 is 5.82 Å². The zero-order chi connectivity index (χ0) is 9.14. The van der Waals surface area contributed by atoms with Crippen molar-refractivity contribution in [1.29, 1.82) is 0 Å². The van der Waals surface area contributed by atoms with Crippen molar-refractivity contribution in [3.05, 3.63) is 12.5 Å². The molecule has 68 valence electrons. The van der Waals surface area contributed by atoms with Crippen molar-refractivity contribution < 1.29 is 5.11 Å². The van der Waals surface area contributed by atoms with E-state index in [1.807, 2.05) is 13.8 Å². The third kappa shape index (κ3) is 2.23. The number of aliphatic hydroxyl groups excluding tert-OH is 1. The van der Waals surface area contributed by atoms with E-state index < -0.39 is 0 Å². The Morgan fingerprint density at radius 1 is 1.67 bits per heavy atom. The highest BCUT2D eigenvalue weighted by molar-refractivity contribution is 5.22. The highest BCUT2D eigenvalue weighted by Gasteiger charge is 2.09. The van der Waals surface area contributed by atoms with Crippen LogP contribution in [0.3, 0.4) is 0 Å². The monoisotopic (exact) mass is 169 g/mol. The van der Waals surface area contributed by atoms with E-state index in [1.165, 1.54) is 0 Å². The summed E-state index contributed by atoms with van der Waals surface area (Å²) in [6.07, 6.45) is 3.01. The van der Waals surface area contributed by atoms with Gasteiger partial charge in [0.15, 0.2) is 0 Å². The molecular weight excluding hydrogens is 154 g/mol. The van der Waals surface area contributed by atoms with Crippen molar-refractivity contribution in [3.63, 3.8) is 0 Å². The molecule has 0 saturated heterocycles. The van der Waals surface area contributed by atoms with E-state index >= 15 is 0 Å². The van der Waals surface area contributed by atoms with Gasteiger partial charge < -0.3 is 15.4 Å². The summed E-state index contributed by atoms with van der Waals surface area (Å²) in [6.45, 7) is 4.51. The second-order valence-corrected chi connectivity index (χ2v) is 3.31. The minimum atomic E-state index is -0.335. The molecular formula is C8H15N3O. The molecule has 1 rings (SSSR count). The molecule has 0 amide bonds. The number of imidazole rings is 1.